The molecule has 0 radical (unpaired) electrons. The molecule has 0 bridgehead atoms. The highest BCUT2D eigenvalue weighted by molar-refractivity contribution is 14.0. The van der Waals surface area contributed by atoms with Crippen LogP contribution in [0.2, 0.25) is 0 Å². The zero-order chi connectivity index (χ0) is 19.5. The lowest BCUT2D eigenvalue weighted by Crippen LogP contribution is -2.38. The highest BCUT2D eigenvalue weighted by atomic mass is 127. The fourth-order valence-electron chi connectivity index (χ4n) is 2.74. The van der Waals surface area contributed by atoms with Crippen molar-refractivity contribution in [2.75, 3.05) is 33.9 Å². The largest absolute Gasteiger partial charge is 0.493 e. The zero-order valence-corrected chi connectivity index (χ0v) is 19.5. The maximum atomic E-state index is 5.36. The molecule has 1 aromatic carbocycles. The van der Waals surface area contributed by atoms with Crippen LogP contribution in [0.5, 0.6) is 11.5 Å². The molecule has 7 nitrogen and oxygen atoms in total. The normalized spacial score (nSPS) is 12.1. The van der Waals surface area contributed by atoms with Gasteiger partial charge in [-0.05, 0) is 43.0 Å². The lowest BCUT2D eigenvalue weighted by molar-refractivity contribution is 0.354. The predicted molar refractivity (Wildman–Crippen MR) is 124 cm³/mol. The van der Waals surface area contributed by atoms with Crippen molar-refractivity contribution < 1.29 is 9.47 Å². The number of guanidine groups is 1. The molecule has 1 atom stereocenters. The van der Waals surface area contributed by atoms with E-state index in [1.54, 1.807) is 20.4 Å². The maximum absolute atomic E-state index is 5.36. The monoisotopic (exact) mass is 501 g/mol. The van der Waals surface area contributed by atoms with Gasteiger partial charge in [-0.15, -0.1) is 24.0 Å². The van der Waals surface area contributed by atoms with Gasteiger partial charge >= 0.3 is 0 Å². The summed E-state index contributed by atoms with van der Waals surface area (Å²) in [5, 5.41) is 10.9. The van der Waals surface area contributed by atoms with Crippen molar-refractivity contribution in [3.05, 3.63) is 42.2 Å². The van der Waals surface area contributed by atoms with Gasteiger partial charge in [-0.25, -0.2) is 0 Å². The van der Waals surface area contributed by atoms with Crippen LogP contribution in [0.3, 0.4) is 0 Å². The van der Waals surface area contributed by atoms with Crippen LogP contribution in [-0.4, -0.2) is 49.6 Å². The molecule has 156 valence electrons. The molecule has 8 heteroatoms. The van der Waals surface area contributed by atoms with Gasteiger partial charge in [0, 0.05) is 38.6 Å². The Labute approximate surface area is 184 Å². The van der Waals surface area contributed by atoms with E-state index in [1.165, 1.54) is 5.56 Å². The summed E-state index contributed by atoms with van der Waals surface area (Å²) in [4.78, 5) is 4.69. The first kappa shape index (κ1) is 24.1. The number of halogens is 1. The quantitative estimate of drug-likeness (QED) is 0.298. The fourth-order valence-corrected chi connectivity index (χ4v) is 2.74. The topological polar surface area (TPSA) is 72.7 Å². The Morgan fingerprint density at radius 1 is 1.21 bits per heavy atom. The van der Waals surface area contributed by atoms with Crippen LogP contribution < -0.4 is 20.1 Å². The summed E-state index contributed by atoms with van der Waals surface area (Å²) < 4.78 is 12.6. The van der Waals surface area contributed by atoms with E-state index < -0.39 is 0 Å². The number of methoxy groups -OCH3 is 2. The second-order valence-electron chi connectivity index (χ2n) is 6.42. The molecule has 0 saturated carbocycles. The Bertz CT molecular complexity index is 707. The third-order valence-corrected chi connectivity index (χ3v) is 4.12. The summed E-state index contributed by atoms with van der Waals surface area (Å²) in [6.45, 7) is 7.47. The van der Waals surface area contributed by atoms with Crippen LogP contribution in [0.4, 0.5) is 0 Å². The molecule has 0 amide bonds. The summed E-state index contributed by atoms with van der Waals surface area (Å²) >= 11 is 0. The number of rotatable bonds is 10. The SMILES string of the molecule is CCNC(=NCC(C)Cn1cccn1)NCCc1ccc(OC)c(OC)c1.I. The van der Waals surface area contributed by atoms with E-state index >= 15 is 0 Å². The Kier molecular flexibility index (Phi) is 11.4. The first-order valence-electron chi connectivity index (χ1n) is 9.36. The molecule has 2 rings (SSSR count). The minimum absolute atomic E-state index is 0. The summed E-state index contributed by atoms with van der Waals surface area (Å²) in [5.41, 5.74) is 1.18. The van der Waals surface area contributed by atoms with Gasteiger partial charge in [0.2, 0.25) is 0 Å². The van der Waals surface area contributed by atoms with Gasteiger partial charge in [0.25, 0.3) is 0 Å². The Morgan fingerprint density at radius 2 is 2.00 bits per heavy atom. The van der Waals surface area contributed by atoms with Gasteiger partial charge in [-0.3, -0.25) is 9.67 Å². The summed E-state index contributed by atoms with van der Waals surface area (Å²) in [6.07, 6.45) is 4.65. The van der Waals surface area contributed by atoms with Gasteiger partial charge in [0.05, 0.1) is 14.2 Å². The van der Waals surface area contributed by atoms with E-state index in [0.29, 0.717) is 5.92 Å². The van der Waals surface area contributed by atoms with E-state index in [9.17, 15) is 0 Å². The van der Waals surface area contributed by atoms with Crippen molar-refractivity contribution in [2.45, 2.75) is 26.8 Å². The molecule has 2 N–H and O–H groups in total. The number of hydrogen-bond donors (Lipinski definition) is 2. The third-order valence-electron chi connectivity index (χ3n) is 4.12. The number of aliphatic imine (C=N–C) groups is 1. The second kappa shape index (κ2) is 13.2. The molecule has 1 heterocycles. The van der Waals surface area contributed by atoms with E-state index in [2.05, 4.69) is 35.6 Å². The van der Waals surface area contributed by atoms with Crippen molar-refractivity contribution in [3.8, 4) is 11.5 Å². The number of hydrogen-bond acceptors (Lipinski definition) is 4. The molecule has 2 aromatic rings. The molecule has 0 spiro atoms. The van der Waals surface area contributed by atoms with E-state index in [-0.39, 0.29) is 24.0 Å². The van der Waals surface area contributed by atoms with Crippen molar-refractivity contribution >= 4 is 29.9 Å². The third kappa shape index (κ3) is 7.95. The van der Waals surface area contributed by atoms with Gasteiger partial charge in [-0.1, -0.05) is 13.0 Å². The fraction of sp³-hybridized carbons (Fsp3) is 0.500. The number of benzene rings is 1. The van der Waals surface area contributed by atoms with E-state index in [1.807, 2.05) is 29.1 Å². The second-order valence-corrected chi connectivity index (χ2v) is 6.42. The number of nitrogens with one attached hydrogen (secondary N) is 2. The smallest absolute Gasteiger partial charge is 0.191 e. The van der Waals surface area contributed by atoms with Crippen LogP contribution >= 0.6 is 24.0 Å². The molecule has 1 unspecified atom stereocenters. The van der Waals surface area contributed by atoms with Crippen LogP contribution in [0.15, 0.2) is 41.7 Å². The highest BCUT2D eigenvalue weighted by Gasteiger charge is 2.06. The number of ether oxygens (including phenoxy) is 2. The van der Waals surface area contributed by atoms with E-state index in [0.717, 1.165) is 50.1 Å². The average molecular weight is 501 g/mol. The minimum Gasteiger partial charge on any atom is -0.493 e. The molecule has 0 saturated heterocycles. The molecule has 1 aromatic heterocycles. The Morgan fingerprint density at radius 3 is 2.64 bits per heavy atom. The van der Waals surface area contributed by atoms with Crippen LogP contribution in [0.1, 0.15) is 19.4 Å². The molecular formula is C20H32IN5O2. The van der Waals surface area contributed by atoms with Gasteiger partial charge in [-0.2, -0.15) is 5.10 Å². The van der Waals surface area contributed by atoms with Gasteiger partial charge < -0.3 is 20.1 Å². The van der Waals surface area contributed by atoms with E-state index in [4.69, 9.17) is 14.5 Å². The number of nitrogens with zero attached hydrogens (tertiary/aromatic N) is 3. The molecule has 0 aliphatic rings. The average Bonchev–Trinajstić information content (AvgIpc) is 3.18. The van der Waals surface area contributed by atoms with Crippen molar-refractivity contribution in [3.63, 3.8) is 0 Å². The lowest BCUT2D eigenvalue weighted by atomic mass is 10.1. The molecular weight excluding hydrogens is 469 g/mol. The van der Waals surface area contributed by atoms with Gasteiger partial charge in [0.15, 0.2) is 17.5 Å². The first-order valence-corrected chi connectivity index (χ1v) is 9.36. The first-order chi connectivity index (χ1) is 13.2. The lowest BCUT2D eigenvalue weighted by Gasteiger charge is -2.14. The predicted octanol–water partition coefficient (Wildman–Crippen LogP) is 2.95. The molecule has 0 aliphatic carbocycles. The van der Waals surface area contributed by atoms with Crippen LogP contribution in [0, 0.1) is 5.92 Å². The molecule has 0 aliphatic heterocycles. The van der Waals surface area contributed by atoms with Crippen LogP contribution in [-0.2, 0) is 13.0 Å². The van der Waals surface area contributed by atoms with Crippen molar-refractivity contribution in [2.24, 2.45) is 10.9 Å². The van der Waals surface area contributed by atoms with Crippen molar-refractivity contribution in [1.29, 1.82) is 0 Å². The van der Waals surface area contributed by atoms with Crippen molar-refractivity contribution in [1.82, 2.24) is 20.4 Å². The summed E-state index contributed by atoms with van der Waals surface area (Å²) in [7, 11) is 3.30. The Balaban J connectivity index is 0.00000392. The zero-order valence-electron chi connectivity index (χ0n) is 17.1. The maximum Gasteiger partial charge on any atom is 0.191 e. The standard InChI is InChI=1S/C20H31N5O2.HI/c1-5-21-20(23-14-16(2)15-25-12-6-10-24-25)22-11-9-17-7-8-18(26-3)19(13-17)27-4;/h6-8,10,12-13,16H,5,9,11,14-15H2,1-4H3,(H2,21,22,23);1H. The van der Waals surface area contributed by atoms with Crippen LogP contribution in [0.25, 0.3) is 0 Å². The molecule has 0 fully saturated rings. The Hall–Kier alpha value is -1.97. The summed E-state index contributed by atoms with van der Waals surface area (Å²) in [6, 6.07) is 7.94. The molecule has 28 heavy (non-hydrogen) atoms. The van der Waals surface area contributed by atoms with Gasteiger partial charge in [0.1, 0.15) is 0 Å². The highest BCUT2D eigenvalue weighted by Crippen LogP contribution is 2.27. The minimum atomic E-state index is 0. The number of aromatic nitrogens is 2. The summed E-state index contributed by atoms with van der Waals surface area (Å²) in [5.74, 6) is 2.75.